The molecule has 0 spiro atoms. The molecule has 1 aromatic rings. The molecule has 2 heteroatoms. The molecule has 0 aromatic heterocycles. The molecule has 1 unspecified atom stereocenters. The first-order chi connectivity index (χ1) is 7.19. The summed E-state index contributed by atoms with van der Waals surface area (Å²) in [7, 11) is 0. The van der Waals surface area contributed by atoms with Crippen LogP contribution >= 0.6 is 15.9 Å². The van der Waals surface area contributed by atoms with Crippen LogP contribution in [0.25, 0.3) is 0 Å². The number of halogens is 1. The zero-order valence-electron chi connectivity index (χ0n) is 9.81. The minimum atomic E-state index is 0.507. The Bertz CT molecular complexity index is 303. The highest BCUT2D eigenvalue weighted by Gasteiger charge is 2.11. The maximum Gasteiger partial charge on any atom is 0.0322 e. The highest BCUT2D eigenvalue weighted by atomic mass is 79.9. The molecule has 0 bridgehead atoms. The molecular weight excluding hydrogens is 250 g/mol. The number of benzene rings is 1. The molecule has 1 rings (SSSR count). The highest BCUT2D eigenvalue weighted by Crippen LogP contribution is 2.24. The Balaban J connectivity index is 2.89. The molecule has 15 heavy (non-hydrogen) atoms. The Morgan fingerprint density at radius 2 is 2.07 bits per heavy atom. The van der Waals surface area contributed by atoms with Gasteiger partial charge in [-0.3, -0.25) is 0 Å². The minimum absolute atomic E-state index is 0.507. The van der Waals surface area contributed by atoms with E-state index in [0.717, 1.165) is 11.0 Å². The van der Waals surface area contributed by atoms with Crippen molar-refractivity contribution in [1.82, 2.24) is 5.32 Å². The number of nitrogens with one attached hydrogen (secondary N) is 1. The Hall–Kier alpha value is -0.340. The lowest BCUT2D eigenvalue weighted by atomic mass is 9.98. The normalized spacial score (nSPS) is 12.8. The van der Waals surface area contributed by atoms with E-state index in [4.69, 9.17) is 0 Å². The Morgan fingerprint density at radius 1 is 1.33 bits per heavy atom. The van der Waals surface area contributed by atoms with Gasteiger partial charge in [0.05, 0.1) is 0 Å². The lowest BCUT2D eigenvalue weighted by Crippen LogP contribution is -2.21. The average molecular weight is 270 g/mol. The standard InChI is InChI=1S/C13H20BrN/c1-4-6-13(15-5-2)12-8-7-11(14)9-10(12)3/h7-9,13,15H,4-6H2,1-3H3. The van der Waals surface area contributed by atoms with E-state index in [1.54, 1.807) is 0 Å². The first-order valence-corrected chi connectivity index (χ1v) is 6.47. The summed E-state index contributed by atoms with van der Waals surface area (Å²) in [5.74, 6) is 0. The SMILES string of the molecule is CCCC(NCC)c1ccc(Br)cc1C. The second-order valence-corrected chi connectivity index (χ2v) is 4.82. The summed E-state index contributed by atoms with van der Waals surface area (Å²) in [5.41, 5.74) is 2.80. The summed E-state index contributed by atoms with van der Waals surface area (Å²) in [5, 5.41) is 3.54. The number of rotatable bonds is 5. The molecule has 84 valence electrons. The highest BCUT2D eigenvalue weighted by molar-refractivity contribution is 9.10. The van der Waals surface area contributed by atoms with Gasteiger partial charge in [0.1, 0.15) is 0 Å². The van der Waals surface area contributed by atoms with Crippen LogP contribution in [0.3, 0.4) is 0 Å². The second kappa shape index (κ2) is 6.29. The van der Waals surface area contributed by atoms with Gasteiger partial charge in [-0.1, -0.05) is 42.3 Å². The third-order valence-electron chi connectivity index (χ3n) is 2.64. The van der Waals surface area contributed by atoms with Gasteiger partial charge in [-0.05, 0) is 43.1 Å². The van der Waals surface area contributed by atoms with Crippen LogP contribution < -0.4 is 5.32 Å². The van der Waals surface area contributed by atoms with E-state index in [1.807, 2.05) is 0 Å². The molecule has 0 heterocycles. The van der Waals surface area contributed by atoms with Gasteiger partial charge in [-0.2, -0.15) is 0 Å². The number of hydrogen-bond donors (Lipinski definition) is 1. The van der Waals surface area contributed by atoms with Crippen LogP contribution in [0.1, 0.15) is 43.9 Å². The molecule has 0 fully saturated rings. The fraction of sp³-hybridized carbons (Fsp3) is 0.538. The Morgan fingerprint density at radius 3 is 2.60 bits per heavy atom. The van der Waals surface area contributed by atoms with Gasteiger partial charge in [-0.15, -0.1) is 0 Å². The summed E-state index contributed by atoms with van der Waals surface area (Å²) in [4.78, 5) is 0. The quantitative estimate of drug-likeness (QED) is 0.845. The van der Waals surface area contributed by atoms with Crippen molar-refractivity contribution < 1.29 is 0 Å². The molecule has 0 radical (unpaired) electrons. The van der Waals surface area contributed by atoms with Crippen LogP contribution in [-0.2, 0) is 0 Å². The fourth-order valence-electron chi connectivity index (χ4n) is 1.93. The predicted octanol–water partition coefficient (Wildman–Crippen LogP) is 4.21. The van der Waals surface area contributed by atoms with E-state index in [9.17, 15) is 0 Å². The van der Waals surface area contributed by atoms with Gasteiger partial charge in [0.2, 0.25) is 0 Å². The van der Waals surface area contributed by atoms with Crippen molar-refractivity contribution in [2.24, 2.45) is 0 Å². The molecule has 1 aromatic carbocycles. The molecule has 0 amide bonds. The van der Waals surface area contributed by atoms with Gasteiger partial charge in [-0.25, -0.2) is 0 Å². The minimum Gasteiger partial charge on any atom is -0.310 e. The van der Waals surface area contributed by atoms with Crippen molar-refractivity contribution >= 4 is 15.9 Å². The van der Waals surface area contributed by atoms with Gasteiger partial charge in [0.25, 0.3) is 0 Å². The van der Waals surface area contributed by atoms with Crippen LogP contribution in [-0.4, -0.2) is 6.54 Å². The molecule has 1 atom stereocenters. The van der Waals surface area contributed by atoms with Crippen LogP contribution in [0.15, 0.2) is 22.7 Å². The Labute approximate surface area is 101 Å². The fourth-order valence-corrected chi connectivity index (χ4v) is 2.41. The van der Waals surface area contributed by atoms with E-state index in [1.165, 1.54) is 24.0 Å². The zero-order valence-corrected chi connectivity index (χ0v) is 11.4. The van der Waals surface area contributed by atoms with Crippen molar-refractivity contribution in [3.63, 3.8) is 0 Å². The molecule has 0 aliphatic rings. The van der Waals surface area contributed by atoms with Crippen molar-refractivity contribution in [2.75, 3.05) is 6.54 Å². The molecule has 0 saturated carbocycles. The number of hydrogen-bond acceptors (Lipinski definition) is 1. The van der Waals surface area contributed by atoms with Gasteiger partial charge < -0.3 is 5.32 Å². The molecule has 0 aliphatic heterocycles. The third kappa shape index (κ3) is 3.62. The van der Waals surface area contributed by atoms with Crippen molar-refractivity contribution in [3.8, 4) is 0 Å². The monoisotopic (exact) mass is 269 g/mol. The van der Waals surface area contributed by atoms with E-state index >= 15 is 0 Å². The third-order valence-corrected chi connectivity index (χ3v) is 3.13. The lowest BCUT2D eigenvalue weighted by Gasteiger charge is -2.19. The van der Waals surface area contributed by atoms with E-state index in [2.05, 4.69) is 60.2 Å². The van der Waals surface area contributed by atoms with E-state index in [-0.39, 0.29) is 0 Å². The summed E-state index contributed by atoms with van der Waals surface area (Å²) in [6.45, 7) is 7.61. The summed E-state index contributed by atoms with van der Waals surface area (Å²) >= 11 is 3.50. The van der Waals surface area contributed by atoms with Crippen LogP contribution in [0.4, 0.5) is 0 Å². The van der Waals surface area contributed by atoms with Crippen LogP contribution in [0, 0.1) is 6.92 Å². The summed E-state index contributed by atoms with van der Waals surface area (Å²) < 4.78 is 1.16. The van der Waals surface area contributed by atoms with Crippen LogP contribution in [0.2, 0.25) is 0 Å². The summed E-state index contributed by atoms with van der Waals surface area (Å²) in [6.07, 6.45) is 2.42. The molecule has 1 nitrogen and oxygen atoms in total. The van der Waals surface area contributed by atoms with Crippen molar-refractivity contribution in [1.29, 1.82) is 0 Å². The zero-order chi connectivity index (χ0) is 11.3. The Kier molecular flexibility index (Phi) is 5.34. The maximum absolute atomic E-state index is 3.54. The first-order valence-electron chi connectivity index (χ1n) is 5.68. The predicted molar refractivity (Wildman–Crippen MR) is 70.2 cm³/mol. The largest absolute Gasteiger partial charge is 0.310 e. The molecule has 0 saturated heterocycles. The summed E-state index contributed by atoms with van der Waals surface area (Å²) in [6, 6.07) is 7.05. The molecular formula is C13H20BrN. The van der Waals surface area contributed by atoms with E-state index < -0.39 is 0 Å². The van der Waals surface area contributed by atoms with Crippen LogP contribution in [0.5, 0.6) is 0 Å². The smallest absolute Gasteiger partial charge is 0.0322 e. The van der Waals surface area contributed by atoms with E-state index in [0.29, 0.717) is 6.04 Å². The lowest BCUT2D eigenvalue weighted by molar-refractivity contribution is 0.507. The number of aryl methyl sites for hydroxylation is 1. The van der Waals surface area contributed by atoms with Crippen molar-refractivity contribution in [3.05, 3.63) is 33.8 Å². The second-order valence-electron chi connectivity index (χ2n) is 3.90. The van der Waals surface area contributed by atoms with Gasteiger partial charge in [0, 0.05) is 10.5 Å². The van der Waals surface area contributed by atoms with Gasteiger partial charge in [0.15, 0.2) is 0 Å². The topological polar surface area (TPSA) is 12.0 Å². The molecule has 1 N–H and O–H groups in total. The maximum atomic E-state index is 3.54. The average Bonchev–Trinajstić information content (AvgIpc) is 2.17. The first kappa shape index (κ1) is 12.7. The van der Waals surface area contributed by atoms with Crippen molar-refractivity contribution in [2.45, 2.75) is 39.7 Å². The van der Waals surface area contributed by atoms with Gasteiger partial charge >= 0.3 is 0 Å². The molecule has 0 aliphatic carbocycles.